The molecule has 0 atom stereocenters. The number of benzene rings is 2. The molecule has 0 aliphatic heterocycles. The van der Waals surface area contributed by atoms with E-state index in [4.69, 9.17) is 4.52 Å². The van der Waals surface area contributed by atoms with Gasteiger partial charge in [0.25, 0.3) is 5.91 Å². The van der Waals surface area contributed by atoms with Crippen molar-refractivity contribution in [2.24, 2.45) is 0 Å². The fourth-order valence-corrected chi connectivity index (χ4v) is 2.41. The minimum atomic E-state index is -0.120. The van der Waals surface area contributed by atoms with Gasteiger partial charge in [-0.3, -0.25) is 4.79 Å². The van der Waals surface area contributed by atoms with Crippen LogP contribution in [-0.2, 0) is 0 Å². The number of carbonyl (C=O) groups is 1. The molecular formula is C18H16N2O2. The fraction of sp³-hybridized carbons (Fsp3) is 0.111. The Bertz CT molecular complexity index is 770. The molecule has 3 aromatic rings. The highest BCUT2D eigenvalue weighted by Gasteiger charge is 2.11. The van der Waals surface area contributed by atoms with E-state index in [0.29, 0.717) is 5.56 Å². The second-order valence-corrected chi connectivity index (χ2v) is 5.10. The number of nitrogens with one attached hydrogen (secondary N) is 1. The van der Waals surface area contributed by atoms with Gasteiger partial charge in [0.2, 0.25) is 0 Å². The summed E-state index contributed by atoms with van der Waals surface area (Å²) in [5, 5.41) is 6.84. The van der Waals surface area contributed by atoms with Gasteiger partial charge in [-0.2, -0.15) is 0 Å². The number of aryl methyl sites for hydroxylation is 2. The highest BCUT2D eigenvalue weighted by molar-refractivity contribution is 6.04. The Balaban J connectivity index is 1.79. The minimum Gasteiger partial charge on any atom is -0.361 e. The third-order valence-electron chi connectivity index (χ3n) is 3.50. The van der Waals surface area contributed by atoms with Crippen molar-refractivity contribution in [3.63, 3.8) is 0 Å². The lowest BCUT2D eigenvalue weighted by molar-refractivity contribution is 0.102. The van der Waals surface area contributed by atoms with Gasteiger partial charge in [-0.05, 0) is 43.7 Å². The summed E-state index contributed by atoms with van der Waals surface area (Å²) < 4.78 is 5.18. The zero-order valence-electron chi connectivity index (χ0n) is 12.5. The first-order valence-electron chi connectivity index (χ1n) is 7.05. The number of hydrogen-bond donors (Lipinski definition) is 1. The maximum Gasteiger partial charge on any atom is 0.255 e. The molecule has 3 rings (SSSR count). The van der Waals surface area contributed by atoms with Gasteiger partial charge in [0.1, 0.15) is 5.76 Å². The Hall–Kier alpha value is -2.88. The average molecular weight is 292 g/mol. The van der Waals surface area contributed by atoms with Crippen LogP contribution >= 0.6 is 0 Å². The van der Waals surface area contributed by atoms with E-state index in [9.17, 15) is 4.79 Å². The van der Waals surface area contributed by atoms with Crippen molar-refractivity contribution in [2.45, 2.75) is 13.8 Å². The molecule has 22 heavy (non-hydrogen) atoms. The topological polar surface area (TPSA) is 55.1 Å². The van der Waals surface area contributed by atoms with E-state index >= 15 is 0 Å². The number of carbonyl (C=O) groups excluding carboxylic acids is 1. The maximum absolute atomic E-state index is 12.1. The number of anilines is 1. The molecule has 0 unspecified atom stereocenters. The van der Waals surface area contributed by atoms with Crippen LogP contribution in [0.4, 0.5) is 5.69 Å². The van der Waals surface area contributed by atoms with Crippen molar-refractivity contribution >= 4 is 11.6 Å². The fourth-order valence-electron chi connectivity index (χ4n) is 2.41. The van der Waals surface area contributed by atoms with E-state index in [1.54, 1.807) is 12.1 Å². The highest BCUT2D eigenvalue weighted by Crippen LogP contribution is 2.27. The number of nitrogens with zero attached hydrogens (tertiary/aromatic N) is 1. The molecule has 2 aromatic carbocycles. The Morgan fingerprint density at radius 2 is 1.68 bits per heavy atom. The van der Waals surface area contributed by atoms with Crippen LogP contribution in [0.2, 0.25) is 0 Å². The predicted molar refractivity (Wildman–Crippen MR) is 85.8 cm³/mol. The molecule has 4 nitrogen and oxygen atoms in total. The third kappa shape index (κ3) is 2.76. The van der Waals surface area contributed by atoms with Gasteiger partial charge < -0.3 is 9.84 Å². The maximum atomic E-state index is 12.1. The van der Waals surface area contributed by atoms with Crippen molar-refractivity contribution in [3.8, 4) is 11.1 Å². The van der Waals surface area contributed by atoms with E-state index in [2.05, 4.69) is 10.5 Å². The van der Waals surface area contributed by atoms with Crippen LogP contribution in [0.5, 0.6) is 0 Å². The van der Waals surface area contributed by atoms with E-state index in [1.165, 1.54) is 0 Å². The second kappa shape index (κ2) is 5.85. The molecule has 0 aliphatic rings. The summed E-state index contributed by atoms with van der Waals surface area (Å²) >= 11 is 0. The molecule has 0 aliphatic carbocycles. The molecule has 4 heteroatoms. The molecule has 0 saturated heterocycles. The van der Waals surface area contributed by atoms with Crippen LogP contribution < -0.4 is 5.32 Å². The van der Waals surface area contributed by atoms with Crippen molar-refractivity contribution in [3.05, 3.63) is 71.6 Å². The van der Waals surface area contributed by atoms with Crippen LogP contribution in [0.1, 0.15) is 21.8 Å². The summed E-state index contributed by atoms with van der Waals surface area (Å²) in [6, 6.07) is 16.8. The molecule has 1 heterocycles. The smallest absolute Gasteiger partial charge is 0.255 e. The van der Waals surface area contributed by atoms with Crippen molar-refractivity contribution in [1.82, 2.24) is 5.16 Å². The van der Waals surface area contributed by atoms with Crippen LogP contribution in [0.25, 0.3) is 11.1 Å². The number of rotatable bonds is 3. The van der Waals surface area contributed by atoms with Gasteiger partial charge in [0.05, 0.1) is 5.69 Å². The zero-order valence-corrected chi connectivity index (χ0v) is 12.5. The Labute approximate surface area is 128 Å². The summed E-state index contributed by atoms with van der Waals surface area (Å²) in [7, 11) is 0. The normalized spacial score (nSPS) is 10.5. The molecular weight excluding hydrogens is 276 g/mol. The number of amides is 1. The lowest BCUT2D eigenvalue weighted by Gasteiger charge is -2.06. The average Bonchev–Trinajstić information content (AvgIpc) is 2.88. The van der Waals surface area contributed by atoms with Crippen molar-refractivity contribution in [2.75, 3.05) is 5.32 Å². The van der Waals surface area contributed by atoms with E-state index in [1.807, 2.05) is 56.3 Å². The molecule has 1 N–H and O–H groups in total. The lowest BCUT2D eigenvalue weighted by atomic mass is 10.0. The monoisotopic (exact) mass is 292 g/mol. The number of aromatic nitrogens is 1. The number of hydrogen-bond acceptors (Lipinski definition) is 3. The Morgan fingerprint density at radius 3 is 2.27 bits per heavy atom. The first kappa shape index (κ1) is 14.1. The van der Waals surface area contributed by atoms with E-state index < -0.39 is 0 Å². The summed E-state index contributed by atoms with van der Waals surface area (Å²) in [6.45, 7) is 3.80. The highest BCUT2D eigenvalue weighted by atomic mass is 16.5. The minimum absolute atomic E-state index is 0.120. The van der Waals surface area contributed by atoms with Crippen LogP contribution in [0.3, 0.4) is 0 Å². The quantitative estimate of drug-likeness (QED) is 0.786. The molecule has 0 bridgehead atoms. The Kier molecular flexibility index (Phi) is 3.74. The summed E-state index contributed by atoms with van der Waals surface area (Å²) in [4.78, 5) is 12.1. The van der Waals surface area contributed by atoms with Crippen molar-refractivity contribution < 1.29 is 9.32 Å². The third-order valence-corrected chi connectivity index (χ3v) is 3.50. The molecule has 1 amide bonds. The molecule has 0 saturated carbocycles. The van der Waals surface area contributed by atoms with Crippen LogP contribution in [-0.4, -0.2) is 11.1 Å². The van der Waals surface area contributed by atoms with Crippen molar-refractivity contribution in [1.29, 1.82) is 0 Å². The van der Waals surface area contributed by atoms with Crippen LogP contribution in [0, 0.1) is 13.8 Å². The van der Waals surface area contributed by atoms with Gasteiger partial charge >= 0.3 is 0 Å². The SMILES string of the molecule is Cc1noc(C)c1-c1ccc(NC(=O)c2ccccc2)cc1. The van der Waals surface area contributed by atoms with Gasteiger partial charge in [-0.1, -0.05) is 35.5 Å². The first-order valence-corrected chi connectivity index (χ1v) is 7.05. The first-order chi connectivity index (χ1) is 10.6. The Morgan fingerprint density at radius 1 is 1.00 bits per heavy atom. The lowest BCUT2D eigenvalue weighted by Crippen LogP contribution is -2.11. The standard InChI is InChI=1S/C18H16N2O2/c1-12-17(13(2)22-20-12)14-8-10-16(11-9-14)19-18(21)15-6-4-3-5-7-15/h3-11H,1-2H3,(H,19,21). The molecule has 1 aromatic heterocycles. The summed E-state index contributed by atoms with van der Waals surface area (Å²) in [6.07, 6.45) is 0. The van der Waals surface area contributed by atoms with E-state index in [0.717, 1.165) is 28.3 Å². The van der Waals surface area contributed by atoms with E-state index in [-0.39, 0.29) is 5.91 Å². The zero-order chi connectivity index (χ0) is 15.5. The second-order valence-electron chi connectivity index (χ2n) is 5.10. The summed E-state index contributed by atoms with van der Waals surface area (Å²) in [5.74, 6) is 0.671. The van der Waals surface area contributed by atoms with Crippen LogP contribution in [0.15, 0.2) is 59.1 Å². The molecule has 110 valence electrons. The predicted octanol–water partition coefficient (Wildman–Crippen LogP) is 4.21. The van der Waals surface area contributed by atoms with Gasteiger partial charge in [0.15, 0.2) is 0 Å². The van der Waals surface area contributed by atoms with Gasteiger partial charge in [-0.15, -0.1) is 0 Å². The molecule has 0 fully saturated rings. The summed E-state index contributed by atoms with van der Waals surface area (Å²) in [5.41, 5.74) is 4.27. The molecule has 0 radical (unpaired) electrons. The van der Waals surface area contributed by atoms with Gasteiger partial charge in [-0.25, -0.2) is 0 Å². The van der Waals surface area contributed by atoms with Gasteiger partial charge in [0, 0.05) is 16.8 Å². The largest absolute Gasteiger partial charge is 0.361 e. The molecule has 0 spiro atoms.